The van der Waals surface area contributed by atoms with Gasteiger partial charge in [0, 0.05) is 0 Å². The van der Waals surface area contributed by atoms with Crippen molar-refractivity contribution < 1.29 is 5.11 Å². The van der Waals surface area contributed by atoms with Crippen LogP contribution in [0.4, 0.5) is 5.82 Å². The van der Waals surface area contributed by atoms with Gasteiger partial charge < -0.3 is 10.8 Å². The van der Waals surface area contributed by atoms with Gasteiger partial charge in [-0.25, -0.2) is 0 Å². The van der Waals surface area contributed by atoms with E-state index in [2.05, 4.69) is 10.2 Å². The predicted octanol–water partition coefficient (Wildman–Crippen LogP) is 0.0910. The third kappa shape index (κ3) is 1.24. The minimum atomic E-state index is -1.12. The Hall–Kier alpha value is -1.54. The van der Waals surface area contributed by atoms with Gasteiger partial charge in [0.2, 0.25) is 0 Å². The van der Waals surface area contributed by atoms with E-state index in [9.17, 15) is 5.11 Å². The van der Waals surface area contributed by atoms with Gasteiger partial charge in [-0.05, 0) is 13.8 Å². The van der Waals surface area contributed by atoms with Crippen molar-refractivity contribution in [2.45, 2.75) is 19.4 Å². The monoisotopic (exact) mass is 166 g/mol. The van der Waals surface area contributed by atoms with E-state index in [-0.39, 0.29) is 11.4 Å². The molecule has 0 saturated carbocycles. The third-order valence-electron chi connectivity index (χ3n) is 1.52. The minimum Gasteiger partial charge on any atom is -0.384 e. The normalized spacial score (nSPS) is 11.2. The van der Waals surface area contributed by atoms with Gasteiger partial charge in [0.25, 0.3) is 0 Å². The zero-order valence-electron chi connectivity index (χ0n) is 6.92. The quantitative estimate of drug-likeness (QED) is 0.550. The number of H-pyrrole nitrogens is 1. The fraction of sp³-hybridized carbons (Fsp3) is 0.429. The Morgan fingerprint density at radius 3 is 2.58 bits per heavy atom. The van der Waals surface area contributed by atoms with Gasteiger partial charge >= 0.3 is 0 Å². The highest BCUT2D eigenvalue weighted by Gasteiger charge is 2.24. The van der Waals surface area contributed by atoms with Gasteiger partial charge in [-0.1, -0.05) is 0 Å². The van der Waals surface area contributed by atoms with E-state index >= 15 is 0 Å². The molecule has 0 atom stereocenters. The molecule has 0 unspecified atom stereocenters. The maximum atomic E-state index is 9.54. The van der Waals surface area contributed by atoms with Crippen LogP contribution >= 0.6 is 0 Å². The Labute approximate surface area is 69.8 Å². The summed E-state index contributed by atoms with van der Waals surface area (Å²) in [6, 6.07) is 1.87. The van der Waals surface area contributed by atoms with Crippen LogP contribution in [0.3, 0.4) is 0 Å². The Bertz CT molecular complexity index is 328. The van der Waals surface area contributed by atoms with Crippen LogP contribution in [0.1, 0.15) is 25.1 Å². The van der Waals surface area contributed by atoms with E-state index in [1.807, 2.05) is 6.07 Å². The lowest BCUT2D eigenvalue weighted by Gasteiger charge is -2.14. The number of hydrogen-bond donors (Lipinski definition) is 3. The van der Waals surface area contributed by atoms with Crippen LogP contribution in [-0.2, 0) is 5.60 Å². The molecule has 0 radical (unpaired) electrons. The number of hydrogen-bond acceptors (Lipinski definition) is 4. The van der Waals surface area contributed by atoms with Crippen molar-refractivity contribution >= 4 is 5.82 Å². The molecule has 1 aromatic rings. The molecular formula is C7H10N4O. The number of nitrogens with zero attached hydrogens (tertiary/aromatic N) is 2. The van der Waals surface area contributed by atoms with Crippen molar-refractivity contribution in [3.05, 3.63) is 11.3 Å². The highest BCUT2D eigenvalue weighted by Crippen LogP contribution is 2.23. The molecule has 1 heterocycles. The SMILES string of the molecule is CC(C)(O)c1[nH]nc(N)c1C#N. The molecule has 0 aliphatic carbocycles. The van der Waals surface area contributed by atoms with E-state index in [0.29, 0.717) is 5.69 Å². The Kier molecular flexibility index (Phi) is 1.78. The summed E-state index contributed by atoms with van der Waals surface area (Å²) in [7, 11) is 0. The first-order valence-corrected chi connectivity index (χ1v) is 3.43. The van der Waals surface area contributed by atoms with Crippen molar-refractivity contribution in [1.29, 1.82) is 5.26 Å². The third-order valence-corrected chi connectivity index (χ3v) is 1.52. The summed E-state index contributed by atoms with van der Waals surface area (Å²) in [4.78, 5) is 0. The number of aromatic amines is 1. The summed E-state index contributed by atoms with van der Waals surface area (Å²) in [5, 5.41) is 24.3. The second kappa shape index (κ2) is 2.50. The molecule has 0 saturated heterocycles. The summed E-state index contributed by atoms with van der Waals surface area (Å²) in [6.45, 7) is 3.11. The first kappa shape index (κ1) is 8.56. The molecule has 0 aliphatic heterocycles. The van der Waals surface area contributed by atoms with Gasteiger partial charge in [-0.3, -0.25) is 5.10 Å². The van der Waals surface area contributed by atoms with Gasteiger partial charge in [0.15, 0.2) is 5.82 Å². The van der Waals surface area contributed by atoms with E-state index in [0.717, 1.165) is 0 Å². The van der Waals surface area contributed by atoms with Crippen molar-refractivity contribution in [2.24, 2.45) is 0 Å². The molecule has 0 amide bonds. The first-order chi connectivity index (χ1) is 5.46. The molecule has 64 valence electrons. The predicted molar refractivity (Wildman–Crippen MR) is 43.0 cm³/mol. The van der Waals surface area contributed by atoms with Crippen LogP contribution < -0.4 is 5.73 Å². The summed E-state index contributed by atoms with van der Waals surface area (Å²) >= 11 is 0. The van der Waals surface area contributed by atoms with E-state index in [4.69, 9.17) is 11.0 Å². The number of nitrogens with one attached hydrogen (secondary N) is 1. The average molecular weight is 166 g/mol. The molecule has 5 heteroatoms. The van der Waals surface area contributed by atoms with E-state index in [1.54, 1.807) is 13.8 Å². The number of anilines is 1. The lowest BCUT2D eigenvalue weighted by atomic mass is 10.0. The summed E-state index contributed by atoms with van der Waals surface area (Å²) in [6.07, 6.45) is 0. The van der Waals surface area contributed by atoms with Gasteiger partial charge in [-0.15, -0.1) is 0 Å². The van der Waals surface area contributed by atoms with Crippen LogP contribution in [0, 0.1) is 11.3 Å². The molecule has 0 aliphatic rings. The average Bonchev–Trinajstić information content (AvgIpc) is 2.29. The van der Waals surface area contributed by atoms with Crippen molar-refractivity contribution in [1.82, 2.24) is 10.2 Å². The molecule has 0 aromatic carbocycles. The number of nitrogens with two attached hydrogens (primary N) is 1. The van der Waals surface area contributed by atoms with Crippen LogP contribution in [0.25, 0.3) is 0 Å². The molecule has 12 heavy (non-hydrogen) atoms. The molecular weight excluding hydrogens is 156 g/mol. The molecule has 4 N–H and O–H groups in total. The van der Waals surface area contributed by atoms with Crippen molar-refractivity contribution in [3.63, 3.8) is 0 Å². The first-order valence-electron chi connectivity index (χ1n) is 3.43. The number of rotatable bonds is 1. The second-order valence-corrected chi connectivity index (χ2v) is 3.03. The zero-order chi connectivity index (χ0) is 9.35. The van der Waals surface area contributed by atoms with Crippen LogP contribution in [0.2, 0.25) is 0 Å². The maximum Gasteiger partial charge on any atom is 0.163 e. The minimum absolute atomic E-state index is 0.120. The van der Waals surface area contributed by atoms with Crippen molar-refractivity contribution in [2.75, 3.05) is 5.73 Å². The Morgan fingerprint density at radius 1 is 1.67 bits per heavy atom. The van der Waals surface area contributed by atoms with E-state index < -0.39 is 5.60 Å². The Balaban J connectivity index is 3.28. The number of nitrogen functional groups attached to an aromatic ring is 1. The number of aromatic nitrogens is 2. The standard InChI is InChI=1S/C7H10N4O/c1-7(2,12)5-4(3-8)6(9)11-10-5/h12H,1-2H3,(H3,9,10,11). The lowest BCUT2D eigenvalue weighted by Crippen LogP contribution is -2.17. The molecule has 0 spiro atoms. The molecule has 0 fully saturated rings. The largest absolute Gasteiger partial charge is 0.384 e. The fourth-order valence-corrected chi connectivity index (χ4v) is 0.912. The zero-order valence-corrected chi connectivity index (χ0v) is 6.92. The lowest BCUT2D eigenvalue weighted by molar-refractivity contribution is 0.0735. The summed E-state index contributed by atoms with van der Waals surface area (Å²) < 4.78 is 0. The maximum absolute atomic E-state index is 9.54. The van der Waals surface area contributed by atoms with Crippen LogP contribution in [-0.4, -0.2) is 15.3 Å². The fourth-order valence-electron chi connectivity index (χ4n) is 0.912. The number of aliphatic hydroxyl groups is 1. The van der Waals surface area contributed by atoms with E-state index in [1.165, 1.54) is 0 Å². The van der Waals surface area contributed by atoms with Crippen LogP contribution in [0.15, 0.2) is 0 Å². The molecule has 0 bridgehead atoms. The molecule has 5 nitrogen and oxygen atoms in total. The highest BCUT2D eigenvalue weighted by atomic mass is 16.3. The van der Waals surface area contributed by atoms with Gasteiger partial charge in [0.1, 0.15) is 17.2 Å². The smallest absolute Gasteiger partial charge is 0.163 e. The second-order valence-electron chi connectivity index (χ2n) is 3.03. The topological polar surface area (TPSA) is 98.7 Å². The summed E-state index contributed by atoms with van der Waals surface area (Å²) in [5.41, 5.74) is 4.82. The number of nitriles is 1. The highest BCUT2D eigenvalue weighted by molar-refractivity contribution is 5.52. The van der Waals surface area contributed by atoms with Crippen LogP contribution in [0.5, 0.6) is 0 Å². The molecule has 1 aromatic heterocycles. The summed E-state index contributed by atoms with van der Waals surface area (Å²) in [5.74, 6) is 0.120. The van der Waals surface area contributed by atoms with Crippen molar-refractivity contribution in [3.8, 4) is 6.07 Å². The van der Waals surface area contributed by atoms with Gasteiger partial charge in [0.05, 0.1) is 5.69 Å². The molecule has 1 rings (SSSR count). The Morgan fingerprint density at radius 2 is 2.25 bits per heavy atom. The van der Waals surface area contributed by atoms with Gasteiger partial charge in [-0.2, -0.15) is 10.4 Å².